The minimum absolute atomic E-state index is 0.236. The summed E-state index contributed by atoms with van der Waals surface area (Å²) in [4.78, 5) is 2.13. The molecule has 6 heteroatoms. The van der Waals surface area contributed by atoms with Gasteiger partial charge >= 0.3 is 0 Å². The number of benzene rings is 1. The first-order valence-electron chi connectivity index (χ1n) is 5.93. The standard InChI is InChI=1S/C12H17ClN2O2S/c13-12-8-11(14)3-2-10(12)9-15-4-1-6-18(16,17)7-5-15/h2-3,8H,1,4-7,9,14H2. The van der Waals surface area contributed by atoms with Gasteiger partial charge in [0.15, 0.2) is 9.84 Å². The molecule has 1 aromatic rings. The molecule has 4 nitrogen and oxygen atoms in total. The maximum Gasteiger partial charge on any atom is 0.151 e. The summed E-state index contributed by atoms with van der Waals surface area (Å²) in [6.07, 6.45) is 0.689. The second kappa shape index (κ2) is 5.47. The van der Waals surface area contributed by atoms with E-state index in [1.165, 1.54) is 0 Å². The van der Waals surface area contributed by atoms with Gasteiger partial charge in [-0.05, 0) is 30.7 Å². The van der Waals surface area contributed by atoms with Crippen molar-refractivity contribution >= 4 is 27.1 Å². The number of nitrogen functional groups attached to an aromatic ring is 1. The Kier molecular flexibility index (Phi) is 4.14. The lowest BCUT2D eigenvalue weighted by Gasteiger charge is -2.19. The second-order valence-electron chi connectivity index (χ2n) is 4.63. The van der Waals surface area contributed by atoms with Crippen LogP contribution in [0.5, 0.6) is 0 Å². The number of hydrogen-bond acceptors (Lipinski definition) is 4. The monoisotopic (exact) mass is 288 g/mol. The van der Waals surface area contributed by atoms with Gasteiger partial charge in [0, 0.05) is 23.8 Å². The van der Waals surface area contributed by atoms with Gasteiger partial charge in [-0.3, -0.25) is 4.90 Å². The fraction of sp³-hybridized carbons (Fsp3) is 0.500. The lowest BCUT2D eigenvalue weighted by Crippen LogP contribution is -2.26. The third-order valence-electron chi connectivity index (χ3n) is 3.12. The highest BCUT2D eigenvalue weighted by Gasteiger charge is 2.19. The number of sulfone groups is 1. The van der Waals surface area contributed by atoms with Crippen LogP contribution in [0.15, 0.2) is 18.2 Å². The van der Waals surface area contributed by atoms with Crippen LogP contribution in [0.4, 0.5) is 5.69 Å². The molecule has 1 aliphatic heterocycles. The van der Waals surface area contributed by atoms with Crippen LogP contribution in [-0.4, -0.2) is 37.9 Å². The Morgan fingerprint density at radius 3 is 2.78 bits per heavy atom. The third-order valence-corrected chi connectivity index (χ3v) is 5.19. The largest absolute Gasteiger partial charge is 0.399 e. The first kappa shape index (κ1) is 13.6. The van der Waals surface area contributed by atoms with E-state index in [0.717, 1.165) is 12.1 Å². The van der Waals surface area contributed by atoms with Crippen LogP contribution in [0, 0.1) is 0 Å². The number of halogens is 1. The maximum atomic E-state index is 11.5. The van der Waals surface area contributed by atoms with Gasteiger partial charge in [0.25, 0.3) is 0 Å². The van der Waals surface area contributed by atoms with Gasteiger partial charge < -0.3 is 5.73 Å². The van der Waals surface area contributed by atoms with Crippen molar-refractivity contribution < 1.29 is 8.42 Å². The molecular weight excluding hydrogens is 272 g/mol. The summed E-state index contributed by atoms with van der Waals surface area (Å²) in [7, 11) is -2.86. The van der Waals surface area contributed by atoms with Crippen molar-refractivity contribution in [3.8, 4) is 0 Å². The van der Waals surface area contributed by atoms with Crippen LogP contribution in [0.25, 0.3) is 0 Å². The molecule has 2 rings (SSSR count). The molecule has 1 fully saturated rings. The molecule has 0 unspecified atom stereocenters. The van der Waals surface area contributed by atoms with Crippen molar-refractivity contribution in [2.24, 2.45) is 0 Å². The van der Waals surface area contributed by atoms with Gasteiger partial charge in [-0.2, -0.15) is 0 Å². The summed E-state index contributed by atoms with van der Waals surface area (Å²) < 4.78 is 23.0. The van der Waals surface area contributed by atoms with E-state index in [4.69, 9.17) is 17.3 Å². The van der Waals surface area contributed by atoms with E-state index in [1.54, 1.807) is 6.07 Å². The molecule has 0 atom stereocenters. The quantitative estimate of drug-likeness (QED) is 0.839. The summed E-state index contributed by atoms with van der Waals surface area (Å²) in [5, 5.41) is 0.641. The van der Waals surface area contributed by atoms with Crippen LogP contribution in [-0.2, 0) is 16.4 Å². The fourth-order valence-corrected chi connectivity index (χ4v) is 3.64. The van der Waals surface area contributed by atoms with Crippen molar-refractivity contribution in [3.05, 3.63) is 28.8 Å². The zero-order valence-corrected chi connectivity index (χ0v) is 11.7. The fourth-order valence-electron chi connectivity index (χ4n) is 2.08. The molecule has 0 amide bonds. The molecule has 0 saturated carbocycles. The Labute approximate surface area is 113 Å². The first-order valence-corrected chi connectivity index (χ1v) is 8.13. The highest BCUT2D eigenvalue weighted by molar-refractivity contribution is 7.91. The second-order valence-corrected chi connectivity index (χ2v) is 7.34. The van der Waals surface area contributed by atoms with E-state index in [2.05, 4.69) is 4.90 Å². The molecule has 1 aromatic carbocycles. The summed E-state index contributed by atoms with van der Waals surface area (Å²) in [6, 6.07) is 5.44. The van der Waals surface area contributed by atoms with E-state index in [9.17, 15) is 8.42 Å². The van der Waals surface area contributed by atoms with Crippen LogP contribution in [0.1, 0.15) is 12.0 Å². The smallest absolute Gasteiger partial charge is 0.151 e. The Hall–Kier alpha value is -0.780. The number of anilines is 1. The summed E-state index contributed by atoms with van der Waals surface area (Å²) in [5.41, 5.74) is 7.28. The van der Waals surface area contributed by atoms with Crippen molar-refractivity contribution in [1.82, 2.24) is 4.90 Å². The Morgan fingerprint density at radius 2 is 2.06 bits per heavy atom. The lowest BCUT2D eigenvalue weighted by atomic mass is 10.2. The van der Waals surface area contributed by atoms with E-state index >= 15 is 0 Å². The van der Waals surface area contributed by atoms with E-state index < -0.39 is 9.84 Å². The average Bonchev–Trinajstić information content (AvgIpc) is 2.44. The summed E-state index contributed by atoms with van der Waals surface area (Å²) in [5.74, 6) is 0.526. The van der Waals surface area contributed by atoms with Crippen molar-refractivity contribution in [3.63, 3.8) is 0 Å². The van der Waals surface area contributed by atoms with Crippen molar-refractivity contribution in [2.45, 2.75) is 13.0 Å². The Morgan fingerprint density at radius 1 is 1.28 bits per heavy atom. The molecule has 18 heavy (non-hydrogen) atoms. The van der Waals surface area contributed by atoms with E-state index in [1.807, 2.05) is 12.1 Å². The van der Waals surface area contributed by atoms with Crippen LogP contribution < -0.4 is 5.73 Å². The van der Waals surface area contributed by atoms with Crippen LogP contribution in [0.3, 0.4) is 0 Å². The van der Waals surface area contributed by atoms with Crippen molar-refractivity contribution in [1.29, 1.82) is 0 Å². The van der Waals surface area contributed by atoms with Gasteiger partial charge in [0.1, 0.15) is 0 Å². The molecule has 100 valence electrons. The number of nitrogens with two attached hydrogens (primary N) is 1. The molecular formula is C12H17ClN2O2S. The summed E-state index contributed by atoms with van der Waals surface area (Å²) in [6.45, 7) is 2.04. The topological polar surface area (TPSA) is 63.4 Å². The average molecular weight is 289 g/mol. The zero-order valence-electron chi connectivity index (χ0n) is 10.1. The molecule has 1 heterocycles. The van der Waals surface area contributed by atoms with Crippen LogP contribution in [0.2, 0.25) is 5.02 Å². The zero-order chi connectivity index (χ0) is 13.2. The predicted molar refractivity (Wildman–Crippen MR) is 74.4 cm³/mol. The predicted octanol–water partition coefficient (Wildman–Crippen LogP) is 1.54. The van der Waals surface area contributed by atoms with Gasteiger partial charge in [0.2, 0.25) is 0 Å². The SMILES string of the molecule is Nc1ccc(CN2CCCS(=O)(=O)CC2)c(Cl)c1. The first-order chi connectivity index (χ1) is 8.46. The summed E-state index contributed by atoms with van der Waals surface area (Å²) >= 11 is 6.12. The normalized spacial score (nSPS) is 20.5. The molecule has 0 radical (unpaired) electrons. The lowest BCUT2D eigenvalue weighted by molar-refractivity contribution is 0.287. The maximum absolute atomic E-state index is 11.5. The Bertz CT molecular complexity index is 531. The molecule has 1 saturated heterocycles. The number of nitrogens with zero attached hydrogens (tertiary/aromatic N) is 1. The van der Waals surface area contributed by atoms with Gasteiger partial charge in [-0.1, -0.05) is 17.7 Å². The van der Waals surface area contributed by atoms with Crippen LogP contribution >= 0.6 is 11.6 Å². The molecule has 0 spiro atoms. The minimum atomic E-state index is -2.86. The van der Waals surface area contributed by atoms with Gasteiger partial charge in [-0.25, -0.2) is 8.42 Å². The number of hydrogen-bond donors (Lipinski definition) is 1. The van der Waals surface area contributed by atoms with Gasteiger partial charge in [-0.15, -0.1) is 0 Å². The van der Waals surface area contributed by atoms with E-state index in [-0.39, 0.29) is 5.75 Å². The third kappa shape index (κ3) is 3.60. The molecule has 0 aliphatic carbocycles. The number of rotatable bonds is 2. The highest BCUT2D eigenvalue weighted by atomic mass is 35.5. The highest BCUT2D eigenvalue weighted by Crippen LogP contribution is 2.21. The minimum Gasteiger partial charge on any atom is -0.399 e. The van der Waals surface area contributed by atoms with Gasteiger partial charge in [0.05, 0.1) is 11.5 Å². The molecule has 0 aromatic heterocycles. The molecule has 2 N–H and O–H groups in total. The Balaban J connectivity index is 2.05. The van der Waals surface area contributed by atoms with E-state index in [0.29, 0.717) is 36.0 Å². The van der Waals surface area contributed by atoms with Crippen molar-refractivity contribution in [2.75, 3.05) is 30.3 Å². The molecule has 1 aliphatic rings. The molecule has 0 bridgehead atoms.